The van der Waals surface area contributed by atoms with Crippen LogP contribution in [0.4, 0.5) is 14.5 Å². The van der Waals surface area contributed by atoms with Gasteiger partial charge in [0.05, 0.1) is 18.1 Å². The van der Waals surface area contributed by atoms with Crippen molar-refractivity contribution in [2.45, 2.75) is 51.9 Å². The molecule has 0 amide bonds. The third-order valence-corrected chi connectivity index (χ3v) is 6.19. The minimum Gasteiger partial charge on any atom is -0.463 e. The van der Waals surface area contributed by atoms with Gasteiger partial charge in [0.15, 0.2) is 11.6 Å². The van der Waals surface area contributed by atoms with Gasteiger partial charge in [0.25, 0.3) is 0 Å². The summed E-state index contributed by atoms with van der Waals surface area (Å²) in [6.45, 7) is 4.55. The van der Waals surface area contributed by atoms with E-state index in [-0.39, 0.29) is 30.8 Å². The van der Waals surface area contributed by atoms with Crippen LogP contribution in [0.25, 0.3) is 0 Å². The molecule has 0 saturated carbocycles. The number of esters is 2. The lowest BCUT2D eigenvalue weighted by Crippen LogP contribution is -2.35. The second kappa shape index (κ2) is 10.0. The summed E-state index contributed by atoms with van der Waals surface area (Å²) in [5.41, 5.74) is -0.872. The Hall–Kier alpha value is -2.49. The summed E-state index contributed by atoms with van der Waals surface area (Å²) in [7, 11) is -4.33. The maximum absolute atomic E-state index is 14.5. The van der Waals surface area contributed by atoms with E-state index in [1.165, 1.54) is 6.08 Å². The molecule has 0 spiro atoms. The lowest BCUT2D eigenvalue weighted by molar-refractivity contribution is -0.148. The van der Waals surface area contributed by atoms with Gasteiger partial charge in [-0.2, -0.15) is 0 Å². The molecule has 0 bridgehead atoms. The zero-order chi connectivity index (χ0) is 22.5. The first-order chi connectivity index (χ1) is 14.1. The Balaban J connectivity index is 2.23. The smallest absolute Gasteiger partial charge is 0.335 e. The number of halogens is 2. The van der Waals surface area contributed by atoms with E-state index in [1.54, 1.807) is 20.8 Å². The van der Waals surface area contributed by atoms with Crippen LogP contribution in [0.1, 0.15) is 45.6 Å². The van der Waals surface area contributed by atoms with Gasteiger partial charge in [-0.1, -0.05) is 19.9 Å². The van der Waals surface area contributed by atoms with Crippen LogP contribution in [-0.2, 0) is 35.7 Å². The van der Waals surface area contributed by atoms with Gasteiger partial charge in [0, 0.05) is 0 Å². The molecule has 0 radical (unpaired) electrons. The third kappa shape index (κ3) is 5.78. The molecule has 1 aromatic carbocycles. The van der Waals surface area contributed by atoms with Crippen LogP contribution in [0.2, 0.25) is 0 Å². The molecule has 1 aromatic rings. The van der Waals surface area contributed by atoms with Gasteiger partial charge in [0.1, 0.15) is 17.5 Å². The number of ether oxygens (including phenoxy) is 2. The van der Waals surface area contributed by atoms with Crippen molar-refractivity contribution in [3.8, 4) is 0 Å². The highest BCUT2D eigenvalue weighted by atomic mass is 32.2. The topological polar surface area (TPSA) is 98.8 Å². The molecular weight excluding hydrogens is 420 g/mol. The molecule has 2 rings (SSSR count). The second-order valence-corrected chi connectivity index (χ2v) is 9.01. The maximum Gasteiger partial charge on any atom is 0.335 e. The Labute approximate surface area is 174 Å². The van der Waals surface area contributed by atoms with Crippen LogP contribution in [0, 0.1) is 17.6 Å². The van der Waals surface area contributed by atoms with Crippen LogP contribution in [0.3, 0.4) is 0 Å². The predicted molar refractivity (Wildman–Crippen MR) is 106 cm³/mol. The molecule has 1 unspecified atom stereocenters. The largest absolute Gasteiger partial charge is 0.463 e. The van der Waals surface area contributed by atoms with Gasteiger partial charge >= 0.3 is 11.9 Å². The van der Waals surface area contributed by atoms with Gasteiger partial charge in [-0.3, -0.25) is 9.52 Å². The quantitative estimate of drug-likeness (QED) is 0.616. The molecular formula is C20H25F2NO6S. The van der Waals surface area contributed by atoms with Gasteiger partial charge < -0.3 is 9.47 Å². The molecule has 1 aliphatic carbocycles. The van der Waals surface area contributed by atoms with E-state index < -0.39 is 50.5 Å². The summed E-state index contributed by atoms with van der Waals surface area (Å²) in [5.74, 6) is -4.02. The fourth-order valence-corrected chi connectivity index (χ4v) is 4.57. The van der Waals surface area contributed by atoms with Crippen molar-refractivity contribution in [3.63, 3.8) is 0 Å². The first-order valence-corrected chi connectivity index (χ1v) is 11.1. The predicted octanol–water partition coefficient (Wildman–Crippen LogP) is 3.45. The van der Waals surface area contributed by atoms with Crippen molar-refractivity contribution in [3.05, 3.63) is 41.0 Å². The molecule has 0 heterocycles. The SMILES string of the molecule is CCOC(=O)C1=CCCCC1S(=O)(=O)Nc1c(F)cc(COC(=O)C(C)C)cc1F. The molecule has 10 heteroatoms. The molecule has 0 saturated heterocycles. The van der Waals surface area contributed by atoms with E-state index in [0.29, 0.717) is 12.8 Å². The molecule has 0 aromatic heterocycles. The van der Waals surface area contributed by atoms with Crippen LogP contribution in [-0.4, -0.2) is 32.2 Å². The average Bonchev–Trinajstić information content (AvgIpc) is 2.69. The number of hydrogen-bond acceptors (Lipinski definition) is 6. The van der Waals surface area contributed by atoms with E-state index in [1.807, 2.05) is 4.72 Å². The monoisotopic (exact) mass is 445 g/mol. The van der Waals surface area contributed by atoms with E-state index in [4.69, 9.17) is 9.47 Å². The number of sulfonamides is 1. The molecule has 0 fully saturated rings. The Morgan fingerprint density at radius 2 is 1.83 bits per heavy atom. The standard InChI is InChI=1S/C20H25F2NO6S/c1-4-28-20(25)14-7-5-6-8-17(14)30(26,27)23-18-15(21)9-13(10-16(18)22)11-29-19(24)12(2)3/h7,9-10,12,17,23H,4-6,8,11H2,1-3H3. The van der Waals surface area contributed by atoms with Gasteiger partial charge in [-0.05, 0) is 43.9 Å². The molecule has 1 atom stereocenters. The number of carbonyl (C=O) groups is 2. The second-order valence-electron chi connectivity index (χ2n) is 7.14. The van der Waals surface area contributed by atoms with Crippen molar-refractivity contribution in [2.75, 3.05) is 11.3 Å². The van der Waals surface area contributed by atoms with E-state index >= 15 is 0 Å². The van der Waals surface area contributed by atoms with Crippen molar-refractivity contribution < 1.29 is 36.3 Å². The lowest BCUT2D eigenvalue weighted by atomic mass is 9.99. The third-order valence-electron chi connectivity index (χ3n) is 4.47. The highest BCUT2D eigenvalue weighted by molar-refractivity contribution is 7.93. The number of anilines is 1. The summed E-state index contributed by atoms with van der Waals surface area (Å²) in [4.78, 5) is 23.6. The Kier molecular flexibility index (Phi) is 7.94. The summed E-state index contributed by atoms with van der Waals surface area (Å²) >= 11 is 0. The van der Waals surface area contributed by atoms with E-state index in [0.717, 1.165) is 12.1 Å². The van der Waals surface area contributed by atoms with Gasteiger partial charge in [0.2, 0.25) is 10.0 Å². The number of carbonyl (C=O) groups excluding carboxylic acids is 2. The fraction of sp³-hybridized carbons (Fsp3) is 0.500. The normalized spacial score (nSPS) is 16.7. The maximum atomic E-state index is 14.5. The number of hydrogen-bond donors (Lipinski definition) is 1. The minimum absolute atomic E-state index is 0.0340. The highest BCUT2D eigenvalue weighted by Crippen LogP contribution is 2.29. The van der Waals surface area contributed by atoms with Crippen molar-refractivity contribution in [1.29, 1.82) is 0 Å². The Bertz CT molecular complexity index is 920. The summed E-state index contributed by atoms with van der Waals surface area (Å²) in [6, 6.07) is 1.77. The number of benzene rings is 1. The Morgan fingerprint density at radius 3 is 2.40 bits per heavy atom. The fourth-order valence-electron chi connectivity index (χ4n) is 2.94. The summed E-state index contributed by atoms with van der Waals surface area (Å²) in [6.07, 6.45) is 2.60. The number of nitrogens with one attached hydrogen (secondary N) is 1. The van der Waals surface area contributed by atoms with Gasteiger partial charge in [-0.15, -0.1) is 0 Å². The first-order valence-electron chi connectivity index (χ1n) is 9.60. The zero-order valence-electron chi connectivity index (χ0n) is 17.0. The van der Waals surface area contributed by atoms with Crippen molar-refractivity contribution in [1.82, 2.24) is 0 Å². The summed E-state index contributed by atoms with van der Waals surface area (Å²) in [5, 5.41) is -1.28. The molecule has 1 N–H and O–H groups in total. The van der Waals surface area contributed by atoms with Crippen LogP contribution in [0.5, 0.6) is 0 Å². The molecule has 0 aliphatic heterocycles. The van der Waals surface area contributed by atoms with E-state index in [2.05, 4.69) is 0 Å². The highest BCUT2D eigenvalue weighted by Gasteiger charge is 2.36. The molecule has 30 heavy (non-hydrogen) atoms. The Morgan fingerprint density at radius 1 is 1.20 bits per heavy atom. The molecule has 7 nitrogen and oxygen atoms in total. The first kappa shape index (κ1) is 23.8. The lowest BCUT2D eigenvalue weighted by Gasteiger charge is -2.24. The molecule has 1 aliphatic rings. The number of allylic oxidation sites excluding steroid dienone is 1. The summed E-state index contributed by atoms with van der Waals surface area (Å²) < 4.78 is 66.2. The minimum atomic E-state index is -4.33. The van der Waals surface area contributed by atoms with E-state index in [9.17, 15) is 26.8 Å². The molecule has 166 valence electrons. The van der Waals surface area contributed by atoms with Crippen molar-refractivity contribution >= 4 is 27.6 Å². The van der Waals surface area contributed by atoms with Crippen LogP contribution in [0.15, 0.2) is 23.8 Å². The van der Waals surface area contributed by atoms with Gasteiger partial charge in [-0.25, -0.2) is 22.0 Å². The number of rotatable bonds is 8. The van der Waals surface area contributed by atoms with Crippen LogP contribution >= 0.6 is 0 Å². The average molecular weight is 445 g/mol. The zero-order valence-corrected chi connectivity index (χ0v) is 17.9. The van der Waals surface area contributed by atoms with Crippen LogP contribution < -0.4 is 4.72 Å². The van der Waals surface area contributed by atoms with Crippen molar-refractivity contribution in [2.24, 2.45) is 5.92 Å².